The lowest BCUT2D eigenvalue weighted by Crippen LogP contribution is -2.47. The van der Waals surface area contributed by atoms with Gasteiger partial charge in [-0.15, -0.1) is 0 Å². The quantitative estimate of drug-likeness (QED) is 0.689. The average Bonchev–Trinajstić information content (AvgIpc) is 2.78. The van der Waals surface area contributed by atoms with Crippen LogP contribution in [0, 0.1) is 0 Å². The normalized spacial score (nSPS) is 22.4. The van der Waals surface area contributed by atoms with Crippen molar-refractivity contribution in [2.24, 2.45) is 0 Å². The zero-order chi connectivity index (χ0) is 12.0. The van der Waals surface area contributed by atoms with E-state index in [2.05, 4.69) is 17.1 Å². The molecule has 1 heterocycles. The second-order valence-electron chi connectivity index (χ2n) is 4.31. The number of ether oxygens (including phenoxy) is 1. The maximum Gasteiger partial charge on any atom is 0.323 e. The Morgan fingerprint density at radius 3 is 2.81 bits per heavy atom. The summed E-state index contributed by atoms with van der Waals surface area (Å²) in [6, 6.07) is 0.365. The minimum Gasteiger partial charge on any atom is -0.465 e. The predicted molar refractivity (Wildman–Crippen MR) is 64.4 cm³/mol. The van der Waals surface area contributed by atoms with Crippen molar-refractivity contribution in [1.29, 1.82) is 0 Å². The summed E-state index contributed by atoms with van der Waals surface area (Å²) in [6.07, 6.45) is 2.20. The number of nitrogens with one attached hydrogen (secondary N) is 1. The summed E-state index contributed by atoms with van der Waals surface area (Å²) in [5.74, 6) is -0.0946. The van der Waals surface area contributed by atoms with E-state index < -0.39 is 0 Å². The molecule has 0 aromatic heterocycles. The maximum atomic E-state index is 11.7. The number of nitrogens with zero attached hydrogens (tertiary/aromatic N) is 1. The highest BCUT2D eigenvalue weighted by atomic mass is 16.5. The highest BCUT2D eigenvalue weighted by Crippen LogP contribution is 2.14. The zero-order valence-corrected chi connectivity index (χ0v) is 10.7. The molecule has 1 aliphatic heterocycles. The molecule has 0 aliphatic carbocycles. The molecule has 0 radical (unpaired) electrons. The van der Waals surface area contributed by atoms with Gasteiger partial charge >= 0.3 is 5.97 Å². The van der Waals surface area contributed by atoms with Gasteiger partial charge in [0.25, 0.3) is 0 Å². The van der Waals surface area contributed by atoms with Crippen LogP contribution in [0.2, 0.25) is 0 Å². The van der Waals surface area contributed by atoms with Crippen LogP contribution in [0.1, 0.15) is 33.6 Å². The van der Waals surface area contributed by atoms with E-state index >= 15 is 0 Å². The van der Waals surface area contributed by atoms with Crippen LogP contribution in [0.5, 0.6) is 0 Å². The average molecular weight is 228 g/mol. The molecule has 0 amide bonds. The fraction of sp³-hybridized carbons (Fsp3) is 0.917. The fourth-order valence-corrected chi connectivity index (χ4v) is 2.27. The summed E-state index contributed by atoms with van der Waals surface area (Å²) in [7, 11) is 0. The number of carbonyl (C=O) groups excluding carboxylic acids is 1. The molecule has 1 rings (SSSR count). The molecular formula is C12H24N2O2. The van der Waals surface area contributed by atoms with Gasteiger partial charge < -0.3 is 10.1 Å². The summed E-state index contributed by atoms with van der Waals surface area (Å²) in [5.41, 5.74) is 0. The van der Waals surface area contributed by atoms with E-state index in [1.54, 1.807) is 0 Å². The molecule has 1 N–H and O–H groups in total. The van der Waals surface area contributed by atoms with Gasteiger partial charge in [-0.3, -0.25) is 9.69 Å². The highest BCUT2D eigenvalue weighted by molar-refractivity contribution is 5.75. The molecule has 0 aromatic rings. The van der Waals surface area contributed by atoms with Crippen molar-refractivity contribution in [1.82, 2.24) is 10.2 Å². The SMILES string of the molecule is CCCN(C1CCNC1)C(C)C(=O)OCC. The molecule has 94 valence electrons. The van der Waals surface area contributed by atoms with Crippen LogP contribution in [-0.4, -0.2) is 49.2 Å². The molecule has 1 fully saturated rings. The van der Waals surface area contributed by atoms with Gasteiger partial charge in [-0.1, -0.05) is 6.92 Å². The summed E-state index contributed by atoms with van der Waals surface area (Å²) in [6.45, 7) is 9.42. The van der Waals surface area contributed by atoms with Crippen LogP contribution in [0.4, 0.5) is 0 Å². The second-order valence-corrected chi connectivity index (χ2v) is 4.31. The maximum absolute atomic E-state index is 11.7. The van der Waals surface area contributed by atoms with E-state index in [9.17, 15) is 4.79 Å². The van der Waals surface area contributed by atoms with Crippen LogP contribution < -0.4 is 5.32 Å². The minimum absolute atomic E-state index is 0.0946. The molecule has 4 nitrogen and oxygen atoms in total. The van der Waals surface area contributed by atoms with Gasteiger partial charge in [-0.2, -0.15) is 0 Å². The van der Waals surface area contributed by atoms with Crippen molar-refractivity contribution in [3.8, 4) is 0 Å². The molecule has 2 unspecified atom stereocenters. The van der Waals surface area contributed by atoms with Gasteiger partial charge in [-0.05, 0) is 39.8 Å². The van der Waals surface area contributed by atoms with Crippen molar-refractivity contribution >= 4 is 5.97 Å². The summed E-state index contributed by atoms with van der Waals surface area (Å²) < 4.78 is 5.09. The molecule has 0 saturated carbocycles. The van der Waals surface area contributed by atoms with Crippen molar-refractivity contribution in [3.05, 3.63) is 0 Å². The molecule has 4 heteroatoms. The van der Waals surface area contributed by atoms with E-state index in [0.29, 0.717) is 12.6 Å². The number of carbonyl (C=O) groups is 1. The molecule has 1 saturated heterocycles. The molecule has 0 spiro atoms. The Morgan fingerprint density at radius 2 is 2.31 bits per heavy atom. The first kappa shape index (κ1) is 13.5. The van der Waals surface area contributed by atoms with Crippen LogP contribution >= 0.6 is 0 Å². The van der Waals surface area contributed by atoms with Crippen molar-refractivity contribution in [2.45, 2.75) is 45.7 Å². The van der Waals surface area contributed by atoms with Crippen molar-refractivity contribution in [2.75, 3.05) is 26.2 Å². The largest absolute Gasteiger partial charge is 0.465 e. The number of hydrogen-bond donors (Lipinski definition) is 1. The van der Waals surface area contributed by atoms with Gasteiger partial charge in [0.1, 0.15) is 6.04 Å². The van der Waals surface area contributed by atoms with E-state index in [-0.39, 0.29) is 12.0 Å². The smallest absolute Gasteiger partial charge is 0.323 e. The number of rotatable bonds is 6. The molecule has 1 aliphatic rings. The van der Waals surface area contributed by atoms with E-state index in [1.807, 2.05) is 13.8 Å². The lowest BCUT2D eigenvalue weighted by atomic mass is 10.1. The Labute approximate surface area is 98.3 Å². The minimum atomic E-state index is -0.121. The Balaban J connectivity index is 2.56. The zero-order valence-electron chi connectivity index (χ0n) is 10.7. The van der Waals surface area contributed by atoms with E-state index in [1.165, 1.54) is 0 Å². The Morgan fingerprint density at radius 1 is 1.56 bits per heavy atom. The standard InChI is InChI=1S/C12H24N2O2/c1-4-8-14(11-6-7-13-9-11)10(3)12(15)16-5-2/h10-11,13H,4-9H2,1-3H3. The Hall–Kier alpha value is -0.610. The number of hydrogen-bond acceptors (Lipinski definition) is 4. The summed E-state index contributed by atoms with van der Waals surface area (Å²) in [4.78, 5) is 14.0. The molecular weight excluding hydrogens is 204 g/mol. The van der Waals surface area contributed by atoms with Crippen molar-refractivity contribution in [3.63, 3.8) is 0 Å². The van der Waals surface area contributed by atoms with Crippen LogP contribution in [0.3, 0.4) is 0 Å². The van der Waals surface area contributed by atoms with Crippen molar-refractivity contribution < 1.29 is 9.53 Å². The highest BCUT2D eigenvalue weighted by Gasteiger charge is 2.29. The predicted octanol–water partition coefficient (Wildman–Crippen LogP) is 1.01. The van der Waals surface area contributed by atoms with Crippen LogP contribution in [0.25, 0.3) is 0 Å². The van der Waals surface area contributed by atoms with Crippen LogP contribution in [0.15, 0.2) is 0 Å². The Kier molecular flexibility index (Phi) is 5.77. The van der Waals surface area contributed by atoms with Gasteiger partial charge in [0, 0.05) is 12.6 Å². The van der Waals surface area contributed by atoms with Gasteiger partial charge in [-0.25, -0.2) is 0 Å². The Bertz CT molecular complexity index is 215. The summed E-state index contributed by atoms with van der Waals surface area (Å²) >= 11 is 0. The van der Waals surface area contributed by atoms with Gasteiger partial charge in [0.15, 0.2) is 0 Å². The molecule has 0 aromatic carbocycles. The third-order valence-corrected chi connectivity index (χ3v) is 3.11. The van der Waals surface area contributed by atoms with Gasteiger partial charge in [0.2, 0.25) is 0 Å². The lowest BCUT2D eigenvalue weighted by molar-refractivity contribution is -0.149. The lowest BCUT2D eigenvalue weighted by Gasteiger charge is -2.32. The second kappa shape index (κ2) is 6.86. The topological polar surface area (TPSA) is 41.6 Å². The molecule has 0 bridgehead atoms. The molecule has 2 atom stereocenters. The fourth-order valence-electron chi connectivity index (χ4n) is 2.27. The number of esters is 1. The third-order valence-electron chi connectivity index (χ3n) is 3.11. The molecule has 16 heavy (non-hydrogen) atoms. The van der Waals surface area contributed by atoms with Crippen LogP contribution in [-0.2, 0) is 9.53 Å². The first-order valence-corrected chi connectivity index (χ1v) is 6.33. The first-order chi connectivity index (χ1) is 7.70. The monoisotopic (exact) mass is 228 g/mol. The van der Waals surface area contributed by atoms with E-state index in [0.717, 1.165) is 32.5 Å². The first-order valence-electron chi connectivity index (χ1n) is 6.33. The van der Waals surface area contributed by atoms with Gasteiger partial charge in [0.05, 0.1) is 6.61 Å². The van der Waals surface area contributed by atoms with E-state index in [4.69, 9.17) is 4.74 Å². The summed E-state index contributed by atoms with van der Waals surface area (Å²) in [5, 5.41) is 3.34. The third kappa shape index (κ3) is 3.46.